The minimum atomic E-state index is -0.945. The van der Waals surface area contributed by atoms with Crippen molar-refractivity contribution >= 4 is 23.5 Å². The molecule has 1 amide bonds. The zero-order valence-corrected chi connectivity index (χ0v) is 14.1. The van der Waals surface area contributed by atoms with Gasteiger partial charge in [0.25, 0.3) is 0 Å². The van der Waals surface area contributed by atoms with Gasteiger partial charge in [-0.05, 0) is 29.3 Å². The molecule has 2 aromatic carbocycles. The molecule has 0 fully saturated rings. The Bertz CT molecular complexity index is 783. The second kappa shape index (κ2) is 8.58. The molecule has 4 nitrogen and oxygen atoms in total. The highest BCUT2D eigenvalue weighted by atomic mass is 35.5. The highest BCUT2D eigenvalue weighted by Crippen LogP contribution is 2.14. The summed E-state index contributed by atoms with van der Waals surface area (Å²) >= 11 is 5.91. The summed E-state index contributed by atoms with van der Waals surface area (Å²) in [5, 5.41) is 3.01. The molecule has 0 aliphatic heterocycles. The second-order valence-electron chi connectivity index (χ2n) is 5.39. The van der Waals surface area contributed by atoms with Crippen LogP contribution in [0.25, 0.3) is 0 Å². The first kappa shape index (κ1) is 18.9. The van der Waals surface area contributed by atoms with Gasteiger partial charge in [0.15, 0.2) is 0 Å². The van der Waals surface area contributed by atoms with Crippen molar-refractivity contribution in [3.05, 3.63) is 70.2 Å². The topological polar surface area (TPSA) is 55.4 Å². The number of methoxy groups -OCH3 is 1. The molecule has 1 atom stereocenters. The fraction of sp³-hybridized carbons (Fsp3) is 0.222. The Balaban J connectivity index is 2.08. The zero-order valence-electron chi connectivity index (χ0n) is 13.4. The van der Waals surface area contributed by atoms with Gasteiger partial charge in [0.2, 0.25) is 5.91 Å². The zero-order chi connectivity index (χ0) is 18.4. The standard InChI is InChI=1S/C18H16ClF2NO3/c1-25-18(24)16(8-11-3-2-4-13(19)7-11)22-17(23)9-12-5-6-14(20)10-15(12)21/h2-7,10,16H,8-9H2,1H3,(H,22,23)/t16-/m1/s1. The van der Waals surface area contributed by atoms with E-state index in [2.05, 4.69) is 5.32 Å². The van der Waals surface area contributed by atoms with Crippen LogP contribution in [0, 0.1) is 11.6 Å². The molecule has 0 saturated carbocycles. The largest absolute Gasteiger partial charge is 0.467 e. The van der Waals surface area contributed by atoms with E-state index in [1.807, 2.05) is 0 Å². The van der Waals surface area contributed by atoms with Crippen LogP contribution in [-0.2, 0) is 27.2 Å². The highest BCUT2D eigenvalue weighted by molar-refractivity contribution is 6.30. The maximum absolute atomic E-state index is 13.6. The van der Waals surface area contributed by atoms with Crippen LogP contribution < -0.4 is 5.32 Å². The Morgan fingerprint density at radius 3 is 2.60 bits per heavy atom. The van der Waals surface area contributed by atoms with Gasteiger partial charge < -0.3 is 10.1 Å². The lowest BCUT2D eigenvalue weighted by Crippen LogP contribution is -2.43. The molecule has 25 heavy (non-hydrogen) atoms. The number of hydrogen-bond acceptors (Lipinski definition) is 3. The van der Waals surface area contributed by atoms with E-state index in [1.165, 1.54) is 13.2 Å². The van der Waals surface area contributed by atoms with Crippen LogP contribution in [0.15, 0.2) is 42.5 Å². The van der Waals surface area contributed by atoms with Gasteiger partial charge in [-0.2, -0.15) is 0 Å². The first-order chi connectivity index (χ1) is 11.9. The van der Waals surface area contributed by atoms with Gasteiger partial charge in [0, 0.05) is 17.5 Å². The van der Waals surface area contributed by atoms with Crippen molar-refractivity contribution in [1.82, 2.24) is 5.32 Å². The average Bonchev–Trinajstić information content (AvgIpc) is 2.56. The molecule has 0 spiro atoms. The maximum Gasteiger partial charge on any atom is 0.328 e. The summed E-state index contributed by atoms with van der Waals surface area (Å²) in [5.74, 6) is -2.76. The molecule has 132 valence electrons. The number of halogens is 3. The van der Waals surface area contributed by atoms with Gasteiger partial charge >= 0.3 is 5.97 Å². The molecular weight excluding hydrogens is 352 g/mol. The van der Waals surface area contributed by atoms with E-state index >= 15 is 0 Å². The van der Waals surface area contributed by atoms with Crippen LogP contribution >= 0.6 is 11.6 Å². The van der Waals surface area contributed by atoms with Crippen LogP contribution in [0.5, 0.6) is 0 Å². The molecule has 0 heterocycles. The summed E-state index contributed by atoms with van der Waals surface area (Å²) in [6.07, 6.45) is -0.153. The lowest BCUT2D eigenvalue weighted by Gasteiger charge is -2.17. The van der Waals surface area contributed by atoms with Gasteiger partial charge in [-0.25, -0.2) is 13.6 Å². The Morgan fingerprint density at radius 1 is 1.20 bits per heavy atom. The number of nitrogens with one attached hydrogen (secondary N) is 1. The highest BCUT2D eigenvalue weighted by Gasteiger charge is 2.22. The molecule has 0 saturated heterocycles. The van der Waals surface area contributed by atoms with Gasteiger partial charge in [-0.15, -0.1) is 0 Å². The van der Waals surface area contributed by atoms with Gasteiger partial charge in [-0.1, -0.05) is 29.8 Å². The summed E-state index contributed by atoms with van der Waals surface area (Å²) < 4.78 is 31.2. The fourth-order valence-electron chi connectivity index (χ4n) is 2.32. The minimum absolute atomic E-state index is 0.0327. The number of ether oxygens (including phenoxy) is 1. The number of hydrogen-bond donors (Lipinski definition) is 1. The number of amides is 1. The normalized spacial score (nSPS) is 11.7. The lowest BCUT2D eigenvalue weighted by molar-refractivity contribution is -0.145. The van der Waals surface area contributed by atoms with E-state index in [9.17, 15) is 18.4 Å². The van der Waals surface area contributed by atoms with Crippen molar-refractivity contribution in [1.29, 1.82) is 0 Å². The molecule has 2 aromatic rings. The molecular formula is C18H16ClF2NO3. The van der Waals surface area contributed by atoms with Crippen LogP contribution in [-0.4, -0.2) is 25.0 Å². The Hall–Kier alpha value is -2.47. The van der Waals surface area contributed by atoms with Crippen LogP contribution in [0.3, 0.4) is 0 Å². The van der Waals surface area contributed by atoms with Gasteiger partial charge in [-0.3, -0.25) is 4.79 Å². The van der Waals surface area contributed by atoms with Crippen molar-refractivity contribution in [2.75, 3.05) is 7.11 Å². The molecule has 0 radical (unpaired) electrons. The number of carbonyl (C=O) groups is 2. The number of esters is 1. The predicted octanol–water partition coefficient (Wildman–Crippen LogP) is 3.06. The smallest absolute Gasteiger partial charge is 0.328 e. The summed E-state index contributed by atoms with van der Waals surface area (Å²) in [6, 6.07) is 8.85. The Morgan fingerprint density at radius 2 is 1.96 bits per heavy atom. The van der Waals surface area contributed by atoms with Crippen LogP contribution in [0.1, 0.15) is 11.1 Å². The van der Waals surface area contributed by atoms with E-state index in [1.54, 1.807) is 24.3 Å². The predicted molar refractivity (Wildman–Crippen MR) is 89.2 cm³/mol. The van der Waals surface area contributed by atoms with Crippen LogP contribution in [0.2, 0.25) is 5.02 Å². The summed E-state index contributed by atoms with van der Waals surface area (Å²) in [7, 11) is 1.21. The molecule has 0 aliphatic rings. The van der Waals surface area contributed by atoms with E-state index in [0.29, 0.717) is 11.1 Å². The third-order valence-electron chi connectivity index (χ3n) is 3.52. The maximum atomic E-state index is 13.6. The fourth-order valence-corrected chi connectivity index (χ4v) is 2.53. The van der Waals surface area contributed by atoms with E-state index in [4.69, 9.17) is 16.3 Å². The third kappa shape index (κ3) is 5.53. The molecule has 0 aromatic heterocycles. The third-order valence-corrected chi connectivity index (χ3v) is 3.75. The average molecular weight is 368 g/mol. The SMILES string of the molecule is COC(=O)[C@@H](Cc1cccc(Cl)c1)NC(=O)Cc1ccc(F)cc1F. The quantitative estimate of drug-likeness (QED) is 0.798. The van der Waals surface area contributed by atoms with Crippen molar-refractivity contribution in [2.24, 2.45) is 0 Å². The first-order valence-electron chi connectivity index (χ1n) is 7.44. The molecule has 0 bridgehead atoms. The molecule has 2 rings (SSSR count). The van der Waals surface area contributed by atoms with E-state index in [0.717, 1.165) is 11.6 Å². The second-order valence-corrected chi connectivity index (χ2v) is 5.83. The monoisotopic (exact) mass is 367 g/mol. The lowest BCUT2D eigenvalue weighted by atomic mass is 10.1. The Kier molecular flexibility index (Phi) is 6.47. The Labute approximate surface area is 148 Å². The summed E-state index contributed by atoms with van der Waals surface area (Å²) in [4.78, 5) is 24.0. The first-order valence-corrected chi connectivity index (χ1v) is 7.82. The molecule has 7 heteroatoms. The molecule has 0 aliphatic carbocycles. The van der Waals surface area contributed by atoms with E-state index in [-0.39, 0.29) is 18.4 Å². The van der Waals surface area contributed by atoms with E-state index < -0.39 is 29.6 Å². The van der Waals surface area contributed by atoms with Gasteiger partial charge in [0.1, 0.15) is 17.7 Å². The summed E-state index contributed by atoms with van der Waals surface area (Å²) in [6.45, 7) is 0. The van der Waals surface area contributed by atoms with Crippen molar-refractivity contribution in [3.8, 4) is 0 Å². The number of benzene rings is 2. The van der Waals surface area contributed by atoms with Crippen molar-refractivity contribution < 1.29 is 23.1 Å². The molecule has 0 unspecified atom stereocenters. The van der Waals surface area contributed by atoms with Gasteiger partial charge in [0.05, 0.1) is 13.5 Å². The van der Waals surface area contributed by atoms with Crippen molar-refractivity contribution in [2.45, 2.75) is 18.9 Å². The number of rotatable bonds is 6. The summed E-state index contributed by atoms with van der Waals surface area (Å²) in [5.41, 5.74) is 0.765. The van der Waals surface area contributed by atoms with Crippen molar-refractivity contribution in [3.63, 3.8) is 0 Å². The minimum Gasteiger partial charge on any atom is -0.467 e. The molecule has 1 N–H and O–H groups in total. The van der Waals surface area contributed by atoms with Crippen LogP contribution in [0.4, 0.5) is 8.78 Å². The number of carbonyl (C=O) groups excluding carboxylic acids is 2.